The van der Waals surface area contributed by atoms with E-state index in [1.54, 1.807) is 6.20 Å². The highest BCUT2D eigenvalue weighted by Gasteiger charge is 2.45. The monoisotopic (exact) mass is 408 g/mol. The van der Waals surface area contributed by atoms with Gasteiger partial charge in [-0.2, -0.15) is 4.98 Å². The molecule has 2 atom stereocenters. The fourth-order valence-electron chi connectivity index (χ4n) is 5.25. The van der Waals surface area contributed by atoms with E-state index in [0.717, 1.165) is 55.1 Å². The van der Waals surface area contributed by atoms with Gasteiger partial charge in [0.2, 0.25) is 5.95 Å². The fourth-order valence-corrected chi connectivity index (χ4v) is 5.25. The molecule has 0 amide bonds. The third kappa shape index (κ3) is 2.96. The summed E-state index contributed by atoms with van der Waals surface area (Å²) < 4.78 is 11.7. The molecule has 7 rings (SSSR count). The van der Waals surface area contributed by atoms with Crippen molar-refractivity contribution in [1.82, 2.24) is 15.0 Å². The molecule has 0 unspecified atom stereocenters. The lowest BCUT2D eigenvalue weighted by molar-refractivity contribution is 0.0989. The number of hydrogen-bond donors (Lipinski definition) is 1. The van der Waals surface area contributed by atoms with Crippen molar-refractivity contribution in [3.8, 4) is 17.0 Å². The van der Waals surface area contributed by atoms with Gasteiger partial charge in [-0.05, 0) is 45.1 Å². The minimum absolute atomic E-state index is 0.0254. The summed E-state index contributed by atoms with van der Waals surface area (Å²) in [4.78, 5) is 19.1. The van der Waals surface area contributed by atoms with Crippen molar-refractivity contribution in [3.05, 3.63) is 18.3 Å². The predicted molar refractivity (Wildman–Crippen MR) is 115 cm³/mol. The molecule has 8 nitrogen and oxygen atoms in total. The van der Waals surface area contributed by atoms with Gasteiger partial charge in [0.25, 0.3) is 0 Å². The summed E-state index contributed by atoms with van der Waals surface area (Å²) in [5.74, 6) is 3.61. The largest absolute Gasteiger partial charge is 0.487 e. The Morgan fingerprint density at radius 3 is 2.63 bits per heavy atom. The minimum atomic E-state index is 0.0254. The van der Waals surface area contributed by atoms with E-state index < -0.39 is 0 Å². The van der Waals surface area contributed by atoms with Crippen LogP contribution in [0.25, 0.3) is 11.3 Å². The molecule has 5 fully saturated rings. The summed E-state index contributed by atoms with van der Waals surface area (Å²) in [6.45, 7) is 6.70. The second-order valence-corrected chi connectivity index (χ2v) is 9.33. The van der Waals surface area contributed by atoms with Gasteiger partial charge in [-0.25, -0.2) is 9.97 Å². The first kappa shape index (κ1) is 18.2. The number of pyridine rings is 1. The van der Waals surface area contributed by atoms with Gasteiger partial charge in [-0.15, -0.1) is 0 Å². The molecule has 0 radical (unpaired) electrons. The van der Waals surface area contributed by atoms with Crippen LogP contribution in [0.4, 0.5) is 17.6 Å². The van der Waals surface area contributed by atoms with Gasteiger partial charge in [-0.3, -0.25) is 0 Å². The van der Waals surface area contributed by atoms with E-state index in [2.05, 4.69) is 20.9 Å². The van der Waals surface area contributed by atoms with E-state index in [9.17, 15) is 0 Å². The molecule has 8 heteroatoms. The Labute approximate surface area is 176 Å². The van der Waals surface area contributed by atoms with Crippen molar-refractivity contribution < 1.29 is 9.47 Å². The third-order valence-electron chi connectivity index (χ3n) is 6.80. The summed E-state index contributed by atoms with van der Waals surface area (Å²) in [7, 11) is 0. The van der Waals surface area contributed by atoms with E-state index in [-0.39, 0.29) is 6.10 Å². The van der Waals surface area contributed by atoms with E-state index >= 15 is 0 Å². The summed E-state index contributed by atoms with van der Waals surface area (Å²) >= 11 is 0. The van der Waals surface area contributed by atoms with Crippen molar-refractivity contribution in [2.24, 2.45) is 5.92 Å². The van der Waals surface area contributed by atoms with E-state index in [0.29, 0.717) is 29.8 Å². The second kappa shape index (κ2) is 6.70. The van der Waals surface area contributed by atoms with Crippen LogP contribution in [0.5, 0.6) is 5.75 Å². The molecule has 4 aliphatic heterocycles. The van der Waals surface area contributed by atoms with E-state index in [4.69, 9.17) is 25.2 Å². The first-order valence-electron chi connectivity index (χ1n) is 11.0. The molecule has 0 aromatic carbocycles. The Balaban J connectivity index is 1.41. The maximum absolute atomic E-state index is 6.04. The number of nitrogen functional groups attached to an aromatic ring is 1. The molecule has 4 bridgehead atoms. The van der Waals surface area contributed by atoms with Gasteiger partial charge in [0.1, 0.15) is 5.82 Å². The number of nitrogens with zero attached hydrogens (tertiary/aromatic N) is 5. The molecular formula is C22H28N6O2. The van der Waals surface area contributed by atoms with Crippen LogP contribution in [0.3, 0.4) is 0 Å². The zero-order valence-corrected chi connectivity index (χ0v) is 17.5. The number of hydrogen-bond acceptors (Lipinski definition) is 8. The number of fused-ring (bicyclic) bond motifs is 3. The Hall–Kier alpha value is -2.61. The number of aromatic nitrogens is 3. The molecule has 2 aromatic rings. The molecule has 5 aliphatic rings. The normalized spacial score (nSPS) is 29.0. The zero-order valence-electron chi connectivity index (χ0n) is 17.5. The van der Waals surface area contributed by atoms with Crippen molar-refractivity contribution in [1.29, 1.82) is 0 Å². The standard InChI is InChI=1S/C22H28N6O2/c1-12(2)30-19-5-14(8-24-21(19)23)18-7-20(27-10-17-6-16(27)11-29-17)26-22(25-18)28-9-13-3-15(28)4-13/h5,7-8,12-13,15-17H,3-4,6,9-11H2,1-2H3,(H2,23,24)/t13?,15?,16-,17-/m0/s1. The number of nitrogens with two attached hydrogens (primary N) is 1. The molecule has 1 aliphatic carbocycles. The molecule has 0 spiro atoms. The number of anilines is 3. The van der Waals surface area contributed by atoms with Crippen molar-refractivity contribution >= 4 is 17.6 Å². The smallest absolute Gasteiger partial charge is 0.228 e. The lowest BCUT2D eigenvalue weighted by atomic mass is 9.86. The summed E-state index contributed by atoms with van der Waals surface area (Å²) in [5, 5.41) is 0. The third-order valence-corrected chi connectivity index (χ3v) is 6.80. The Bertz CT molecular complexity index is 976. The molecule has 158 valence electrons. The summed E-state index contributed by atoms with van der Waals surface area (Å²) in [6, 6.07) is 5.02. The van der Waals surface area contributed by atoms with Crippen LogP contribution in [-0.4, -0.2) is 58.9 Å². The van der Waals surface area contributed by atoms with Crippen LogP contribution in [0.1, 0.15) is 33.1 Å². The van der Waals surface area contributed by atoms with Gasteiger partial charge in [0.05, 0.1) is 30.6 Å². The lowest BCUT2D eigenvalue weighted by Gasteiger charge is -2.30. The molecule has 4 saturated heterocycles. The Morgan fingerprint density at radius 1 is 1.10 bits per heavy atom. The first-order chi connectivity index (χ1) is 14.5. The Morgan fingerprint density at radius 2 is 1.97 bits per heavy atom. The van der Waals surface area contributed by atoms with Crippen LogP contribution in [0.2, 0.25) is 0 Å². The molecular weight excluding hydrogens is 380 g/mol. The topological polar surface area (TPSA) is 89.6 Å². The van der Waals surface area contributed by atoms with Gasteiger partial charge >= 0.3 is 0 Å². The fraction of sp³-hybridized carbons (Fsp3) is 0.591. The SMILES string of the molecule is CC(C)Oc1cc(-c2cc(N3C[C@@H]4C[C@H]3CO4)nc(N3CC4CC3C4)n2)cnc1N. The van der Waals surface area contributed by atoms with Gasteiger partial charge in [0.15, 0.2) is 11.6 Å². The van der Waals surface area contributed by atoms with Crippen molar-refractivity contribution in [3.63, 3.8) is 0 Å². The van der Waals surface area contributed by atoms with Crippen LogP contribution < -0.4 is 20.3 Å². The van der Waals surface area contributed by atoms with E-state index in [1.807, 2.05) is 19.9 Å². The molecule has 6 heterocycles. The first-order valence-corrected chi connectivity index (χ1v) is 11.0. The number of rotatable bonds is 5. The molecule has 2 aromatic heterocycles. The van der Waals surface area contributed by atoms with Crippen LogP contribution in [0.15, 0.2) is 18.3 Å². The highest BCUT2D eigenvalue weighted by atomic mass is 16.5. The van der Waals surface area contributed by atoms with Crippen molar-refractivity contribution in [2.45, 2.75) is 57.4 Å². The van der Waals surface area contributed by atoms with Gasteiger partial charge < -0.3 is 25.0 Å². The maximum atomic E-state index is 6.04. The zero-order chi connectivity index (χ0) is 20.4. The maximum Gasteiger partial charge on any atom is 0.228 e. The highest BCUT2D eigenvalue weighted by molar-refractivity contribution is 5.68. The van der Waals surface area contributed by atoms with Gasteiger partial charge in [0, 0.05) is 37.0 Å². The minimum Gasteiger partial charge on any atom is -0.487 e. The lowest BCUT2D eigenvalue weighted by Crippen LogP contribution is -2.38. The summed E-state index contributed by atoms with van der Waals surface area (Å²) in [5.41, 5.74) is 7.80. The molecule has 30 heavy (non-hydrogen) atoms. The summed E-state index contributed by atoms with van der Waals surface area (Å²) in [6.07, 6.45) is 5.74. The quantitative estimate of drug-likeness (QED) is 0.807. The number of morpholine rings is 1. The highest BCUT2D eigenvalue weighted by Crippen LogP contribution is 2.43. The van der Waals surface area contributed by atoms with E-state index in [1.165, 1.54) is 12.8 Å². The van der Waals surface area contributed by atoms with Gasteiger partial charge in [-0.1, -0.05) is 0 Å². The van der Waals surface area contributed by atoms with Crippen LogP contribution in [-0.2, 0) is 4.74 Å². The average Bonchev–Trinajstić information content (AvgIpc) is 3.48. The number of ether oxygens (including phenoxy) is 2. The predicted octanol–water partition coefficient (Wildman–Crippen LogP) is 2.48. The second-order valence-electron chi connectivity index (χ2n) is 9.33. The average molecular weight is 409 g/mol. The van der Waals surface area contributed by atoms with Crippen molar-refractivity contribution in [2.75, 3.05) is 35.2 Å². The van der Waals surface area contributed by atoms with Crippen LogP contribution in [0, 0.1) is 5.92 Å². The molecule has 2 N–H and O–H groups in total. The van der Waals surface area contributed by atoms with Crippen LogP contribution >= 0.6 is 0 Å². The molecule has 1 saturated carbocycles. The Kier molecular flexibility index (Phi) is 4.06.